The summed E-state index contributed by atoms with van der Waals surface area (Å²) < 4.78 is 11.3. The van der Waals surface area contributed by atoms with Gasteiger partial charge in [0.05, 0.1) is 13.2 Å². The quantitative estimate of drug-likeness (QED) is 0.874. The van der Waals surface area contributed by atoms with Crippen LogP contribution in [0.25, 0.3) is 0 Å². The molecule has 0 bridgehead atoms. The zero-order valence-electron chi connectivity index (χ0n) is 13.1. The molecule has 3 atom stereocenters. The largest absolute Gasteiger partial charge is 0.464 e. The van der Waals surface area contributed by atoms with E-state index in [-0.39, 0.29) is 17.9 Å². The number of nitrogens with zero attached hydrogens (tertiary/aromatic N) is 2. The molecule has 0 aromatic carbocycles. The van der Waals surface area contributed by atoms with Crippen LogP contribution in [-0.2, 0) is 9.53 Å². The normalized spacial score (nSPS) is 27.0. The van der Waals surface area contributed by atoms with Crippen molar-refractivity contribution in [3.8, 4) is 0 Å². The maximum Gasteiger partial charge on any atom is 0.227 e. The average Bonchev–Trinajstić information content (AvgIpc) is 3.29. The highest BCUT2D eigenvalue weighted by molar-refractivity contribution is 5.83. The maximum absolute atomic E-state index is 12.9. The lowest BCUT2D eigenvalue weighted by molar-refractivity contribution is -0.142. The van der Waals surface area contributed by atoms with Crippen molar-refractivity contribution in [2.45, 2.75) is 25.3 Å². The van der Waals surface area contributed by atoms with Gasteiger partial charge in [0.25, 0.3) is 0 Å². The molecule has 1 amide bonds. The topological polar surface area (TPSA) is 55.6 Å². The van der Waals surface area contributed by atoms with Crippen LogP contribution in [0, 0.1) is 12.8 Å². The minimum Gasteiger partial charge on any atom is -0.464 e. The average molecular weight is 312 g/mol. The van der Waals surface area contributed by atoms with Gasteiger partial charge < -0.3 is 14.1 Å². The number of furan rings is 1. The number of morpholine rings is 1. The van der Waals surface area contributed by atoms with Gasteiger partial charge in [-0.15, -0.1) is 0 Å². The number of rotatable bonds is 3. The third-order valence-electron chi connectivity index (χ3n) is 4.72. The number of amides is 1. The van der Waals surface area contributed by atoms with E-state index in [1.807, 2.05) is 36.2 Å². The minimum absolute atomic E-state index is 0.0656. The first-order chi connectivity index (χ1) is 11.2. The predicted octanol–water partition coefficient (Wildman–Crippen LogP) is 2.69. The molecule has 0 radical (unpaired) electrons. The number of aryl methyl sites for hydroxylation is 1. The second-order valence-corrected chi connectivity index (χ2v) is 6.31. The van der Waals surface area contributed by atoms with Gasteiger partial charge in [-0.1, -0.05) is 6.07 Å². The van der Waals surface area contributed by atoms with E-state index >= 15 is 0 Å². The Labute approximate surface area is 135 Å². The molecule has 1 aliphatic carbocycles. The highest BCUT2D eigenvalue weighted by Gasteiger charge is 2.47. The Balaban J connectivity index is 1.51. The molecule has 3 heterocycles. The van der Waals surface area contributed by atoms with Crippen molar-refractivity contribution in [2.24, 2.45) is 5.92 Å². The minimum atomic E-state index is -0.111. The van der Waals surface area contributed by atoms with Gasteiger partial charge >= 0.3 is 0 Å². The fraction of sp³-hybridized carbons (Fsp3) is 0.444. The summed E-state index contributed by atoms with van der Waals surface area (Å²) in [6, 6.07) is 7.75. The fourth-order valence-electron chi connectivity index (χ4n) is 3.38. The molecule has 0 N–H and O–H groups in total. The van der Waals surface area contributed by atoms with Crippen LogP contribution in [0.4, 0.5) is 0 Å². The zero-order valence-corrected chi connectivity index (χ0v) is 13.1. The van der Waals surface area contributed by atoms with E-state index in [1.54, 1.807) is 6.20 Å². The molecule has 4 rings (SSSR count). The van der Waals surface area contributed by atoms with Gasteiger partial charge in [-0.3, -0.25) is 9.78 Å². The van der Waals surface area contributed by atoms with E-state index in [2.05, 4.69) is 11.1 Å². The molecule has 23 heavy (non-hydrogen) atoms. The molecule has 2 aliphatic rings. The maximum atomic E-state index is 12.9. The van der Waals surface area contributed by atoms with Crippen molar-refractivity contribution in [3.05, 3.63) is 53.7 Å². The summed E-state index contributed by atoms with van der Waals surface area (Å²) in [5.74, 6) is 2.25. The third kappa shape index (κ3) is 2.77. The summed E-state index contributed by atoms with van der Waals surface area (Å²) >= 11 is 0. The van der Waals surface area contributed by atoms with E-state index in [0.717, 1.165) is 23.5 Å². The molecular formula is C18H20N2O3. The van der Waals surface area contributed by atoms with Gasteiger partial charge in [0, 0.05) is 24.9 Å². The summed E-state index contributed by atoms with van der Waals surface area (Å²) in [6.45, 7) is 3.63. The number of hydrogen-bond acceptors (Lipinski definition) is 4. The summed E-state index contributed by atoms with van der Waals surface area (Å²) in [7, 11) is 0. The lowest BCUT2D eigenvalue weighted by Gasteiger charge is -2.34. The van der Waals surface area contributed by atoms with Gasteiger partial charge in [-0.05, 0) is 43.0 Å². The van der Waals surface area contributed by atoms with Crippen LogP contribution < -0.4 is 0 Å². The van der Waals surface area contributed by atoms with Crippen LogP contribution in [0.2, 0.25) is 0 Å². The third-order valence-corrected chi connectivity index (χ3v) is 4.72. The fourth-order valence-corrected chi connectivity index (χ4v) is 3.38. The first kappa shape index (κ1) is 14.5. The second kappa shape index (κ2) is 5.81. The molecule has 2 fully saturated rings. The van der Waals surface area contributed by atoms with Gasteiger partial charge in [-0.25, -0.2) is 0 Å². The Hall–Kier alpha value is -2.14. The van der Waals surface area contributed by atoms with Crippen LogP contribution in [-0.4, -0.2) is 35.5 Å². The second-order valence-electron chi connectivity index (χ2n) is 6.31. The number of carbonyl (C=O) groups excluding carboxylic acids is 1. The molecule has 2 aromatic heterocycles. The smallest absolute Gasteiger partial charge is 0.227 e. The Morgan fingerprint density at radius 2 is 2.26 bits per heavy atom. The lowest BCUT2D eigenvalue weighted by atomic mass is 10.1. The van der Waals surface area contributed by atoms with Gasteiger partial charge in [0.1, 0.15) is 17.6 Å². The van der Waals surface area contributed by atoms with Gasteiger partial charge in [-0.2, -0.15) is 0 Å². The molecule has 0 unspecified atom stereocenters. The Morgan fingerprint density at radius 1 is 1.35 bits per heavy atom. The molecule has 1 saturated carbocycles. The monoisotopic (exact) mass is 312 g/mol. The van der Waals surface area contributed by atoms with E-state index in [0.29, 0.717) is 25.7 Å². The van der Waals surface area contributed by atoms with Crippen LogP contribution in [0.5, 0.6) is 0 Å². The zero-order chi connectivity index (χ0) is 15.8. The Bertz CT molecular complexity index is 697. The van der Waals surface area contributed by atoms with Crippen molar-refractivity contribution >= 4 is 5.91 Å². The summed E-state index contributed by atoms with van der Waals surface area (Å²) in [6.07, 6.45) is 4.54. The van der Waals surface area contributed by atoms with Crippen molar-refractivity contribution in [1.29, 1.82) is 0 Å². The van der Waals surface area contributed by atoms with Crippen LogP contribution in [0.15, 0.2) is 41.1 Å². The molecule has 1 aliphatic heterocycles. The molecule has 0 spiro atoms. The first-order valence-corrected chi connectivity index (χ1v) is 8.08. The summed E-state index contributed by atoms with van der Waals surface area (Å²) in [4.78, 5) is 19.0. The number of pyridine rings is 1. The van der Waals surface area contributed by atoms with Crippen molar-refractivity contribution < 1.29 is 13.9 Å². The van der Waals surface area contributed by atoms with E-state index in [1.165, 1.54) is 0 Å². The predicted molar refractivity (Wildman–Crippen MR) is 83.8 cm³/mol. The molecular weight excluding hydrogens is 292 g/mol. The molecule has 2 aromatic rings. The first-order valence-electron chi connectivity index (χ1n) is 8.08. The molecule has 5 nitrogen and oxygen atoms in total. The highest BCUT2D eigenvalue weighted by Crippen LogP contribution is 2.49. The number of hydrogen-bond donors (Lipinski definition) is 0. The van der Waals surface area contributed by atoms with E-state index in [9.17, 15) is 4.79 Å². The van der Waals surface area contributed by atoms with Gasteiger partial charge in [0.2, 0.25) is 5.91 Å². The standard InChI is InChI=1S/C18H20N2O3/c1-12-4-5-17(23-12)16-11-22-8-7-20(16)18(21)15-9-14(15)13-3-2-6-19-10-13/h2-6,10,14-16H,7-9,11H2,1H3/t14-,15-,16-/m0/s1. The van der Waals surface area contributed by atoms with E-state index < -0.39 is 0 Å². The highest BCUT2D eigenvalue weighted by atomic mass is 16.5. The van der Waals surface area contributed by atoms with E-state index in [4.69, 9.17) is 9.15 Å². The molecule has 120 valence electrons. The summed E-state index contributed by atoms with van der Waals surface area (Å²) in [5, 5.41) is 0. The Kier molecular flexibility index (Phi) is 3.65. The van der Waals surface area contributed by atoms with Crippen molar-refractivity contribution in [1.82, 2.24) is 9.88 Å². The SMILES string of the molecule is Cc1ccc([C@@H]2COCCN2C(=O)[C@H]2C[C@H]2c2cccnc2)o1. The number of carbonyl (C=O) groups is 1. The van der Waals surface area contributed by atoms with Crippen LogP contribution >= 0.6 is 0 Å². The number of ether oxygens (including phenoxy) is 1. The van der Waals surface area contributed by atoms with Gasteiger partial charge in [0.15, 0.2) is 0 Å². The van der Waals surface area contributed by atoms with Crippen molar-refractivity contribution in [3.63, 3.8) is 0 Å². The summed E-state index contributed by atoms with van der Waals surface area (Å²) in [5.41, 5.74) is 1.16. The Morgan fingerprint density at radius 3 is 3.00 bits per heavy atom. The molecule has 5 heteroatoms. The van der Waals surface area contributed by atoms with Crippen LogP contribution in [0.1, 0.15) is 35.5 Å². The van der Waals surface area contributed by atoms with Crippen LogP contribution in [0.3, 0.4) is 0 Å². The van der Waals surface area contributed by atoms with Crippen molar-refractivity contribution in [2.75, 3.05) is 19.8 Å². The number of aromatic nitrogens is 1. The lowest BCUT2D eigenvalue weighted by Crippen LogP contribution is -2.44. The molecule has 1 saturated heterocycles.